The topological polar surface area (TPSA) is 34.3 Å². The lowest BCUT2D eigenvalue weighted by molar-refractivity contribution is 0.720. The average molecular weight is 260 g/mol. The predicted molar refractivity (Wildman–Crippen MR) is 74.0 cm³/mol. The lowest BCUT2D eigenvalue weighted by atomic mass is 10.3. The van der Waals surface area contributed by atoms with Crippen molar-refractivity contribution in [1.82, 2.24) is 19.3 Å². The van der Waals surface area contributed by atoms with Gasteiger partial charge in [-0.3, -0.25) is 4.40 Å². The number of thiazole rings is 1. The van der Waals surface area contributed by atoms with Gasteiger partial charge >= 0.3 is 0 Å². The van der Waals surface area contributed by atoms with Gasteiger partial charge in [0.25, 0.3) is 0 Å². The zero-order chi connectivity index (χ0) is 12.4. The fourth-order valence-electron chi connectivity index (χ4n) is 2.00. The van der Waals surface area contributed by atoms with Crippen LogP contribution in [0.5, 0.6) is 0 Å². The van der Waals surface area contributed by atoms with Crippen molar-refractivity contribution in [2.45, 2.75) is 20.0 Å². The molecule has 3 rings (SSSR count). The Morgan fingerprint density at radius 3 is 3.11 bits per heavy atom. The van der Waals surface area contributed by atoms with Crippen LogP contribution in [0.3, 0.4) is 0 Å². The second-order valence-electron chi connectivity index (χ2n) is 4.30. The van der Waals surface area contributed by atoms with Crippen molar-refractivity contribution in [2.24, 2.45) is 0 Å². The summed E-state index contributed by atoms with van der Waals surface area (Å²) in [5.74, 6) is 0. The van der Waals surface area contributed by atoms with Crippen LogP contribution in [0.1, 0.15) is 18.2 Å². The van der Waals surface area contributed by atoms with E-state index in [-0.39, 0.29) is 0 Å². The monoisotopic (exact) mass is 260 g/mol. The molecule has 0 spiro atoms. The third kappa shape index (κ3) is 2.32. The van der Waals surface area contributed by atoms with Crippen LogP contribution in [0.25, 0.3) is 4.96 Å². The molecule has 0 fully saturated rings. The van der Waals surface area contributed by atoms with E-state index in [0.29, 0.717) is 0 Å². The molecule has 5 heteroatoms. The van der Waals surface area contributed by atoms with Gasteiger partial charge in [-0.25, -0.2) is 4.98 Å². The molecule has 18 heavy (non-hydrogen) atoms. The van der Waals surface area contributed by atoms with Crippen LogP contribution in [0.4, 0.5) is 0 Å². The van der Waals surface area contributed by atoms with Crippen LogP contribution in [0.2, 0.25) is 0 Å². The number of nitrogens with zero attached hydrogens (tertiary/aromatic N) is 3. The molecule has 0 amide bonds. The zero-order valence-corrected chi connectivity index (χ0v) is 11.2. The third-order valence-corrected chi connectivity index (χ3v) is 3.65. The molecule has 0 saturated carbocycles. The molecular formula is C13H16N4S. The summed E-state index contributed by atoms with van der Waals surface area (Å²) >= 11 is 1.67. The first-order valence-electron chi connectivity index (χ1n) is 6.11. The van der Waals surface area contributed by atoms with E-state index in [9.17, 15) is 0 Å². The second-order valence-corrected chi connectivity index (χ2v) is 5.17. The molecule has 0 aliphatic rings. The summed E-state index contributed by atoms with van der Waals surface area (Å²) in [6.07, 6.45) is 8.43. The smallest absolute Gasteiger partial charge is 0.193 e. The Kier molecular flexibility index (Phi) is 3.17. The Morgan fingerprint density at radius 2 is 2.28 bits per heavy atom. The van der Waals surface area contributed by atoms with Gasteiger partial charge in [0.1, 0.15) is 0 Å². The van der Waals surface area contributed by atoms with Crippen LogP contribution in [0.15, 0.2) is 36.2 Å². The molecule has 0 bridgehead atoms. The molecular weight excluding hydrogens is 244 g/mol. The first-order valence-corrected chi connectivity index (χ1v) is 6.99. The maximum absolute atomic E-state index is 4.58. The van der Waals surface area contributed by atoms with Gasteiger partial charge in [-0.15, -0.1) is 11.3 Å². The van der Waals surface area contributed by atoms with Gasteiger partial charge in [0.15, 0.2) is 4.96 Å². The summed E-state index contributed by atoms with van der Waals surface area (Å²) in [5, 5.41) is 5.38. The van der Waals surface area contributed by atoms with E-state index < -0.39 is 0 Å². The highest BCUT2D eigenvalue weighted by molar-refractivity contribution is 7.15. The van der Waals surface area contributed by atoms with Gasteiger partial charge in [0.05, 0.1) is 12.2 Å². The molecule has 0 atom stereocenters. The van der Waals surface area contributed by atoms with Crippen LogP contribution in [0, 0.1) is 0 Å². The summed E-state index contributed by atoms with van der Waals surface area (Å²) in [4.78, 5) is 5.64. The van der Waals surface area contributed by atoms with Gasteiger partial charge in [-0.1, -0.05) is 6.92 Å². The first-order chi connectivity index (χ1) is 8.85. The maximum Gasteiger partial charge on any atom is 0.193 e. The van der Waals surface area contributed by atoms with Gasteiger partial charge in [-0.2, -0.15) is 0 Å². The second kappa shape index (κ2) is 4.96. The van der Waals surface area contributed by atoms with Gasteiger partial charge < -0.3 is 9.88 Å². The summed E-state index contributed by atoms with van der Waals surface area (Å²) in [6, 6.07) is 2.15. The minimum atomic E-state index is 0.834. The Bertz CT molecular complexity index is 606. The molecule has 0 aromatic carbocycles. The Hall–Kier alpha value is -1.59. The van der Waals surface area contributed by atoms with E-state index in [1.54, 1.807) is 11.3 Å². The number of nitrogens with one attached hydrogen (secondary N) is 1. The number of imidazole rings is 1. The molecule has 94 valence electrons. The number of fused-ring (bicyclic) bond motifs is 1. The van der Waals surface area contributed by atoms with Crippen LogP contribution in [-0.4, -0.2) is 20.5 Å². The molecule has 0 saturated heterocycles. The lowest BCUT2D eigenvalue weighted by Gasteiger charge is -1.99. The van der Waals surface area contributed by atoms with Crippen molar-refractivity contribution in [3.63, 3.8) is 0 Å². The minimum Gasteiger partial charge on any atom is -0.348 e. The van der Waals surface area contributed by atoms with Gasteiger partial charge in [-0.05, 0) is 18.2 Å². The molecule has 0 radical (unpaired) electrons. The van der Waals surface area contributed by atoms with E-state index in [1.807, 2.05) is 6.20 Å². The lowest BCUT2D eigenvalue weighted by Crippen LogP contribution is -2.11. The van der Waals surface area contributed by atoms with Crippen molar-refractivity contribution < 1.29 is 0 Å². The molecule has 1 N–H and O–H groups in total. The highest BCUT2D eigenvalue weighted by Crippen LogP contribution is 2.12. The Balaban J connectivity index is 1.72. The fraction of sp³-hybridized carbons (Fsp3) is 0.308. The quantitative estimate of drug-likeness (QED) is 0.764. The first kappa shape index (κ1) is 11.5. The van der Waals surface area contributed by atoms with E-state index in [4.69, 9.17) is 0 Å². The molecule has 0 unspecified atom stereocenters. The van der Waals surface area contributed by atoms with E-state index in [0.717, 1.165) is 30.3 Å². The molecule has 3 heterocycles. The SMILES string of the molecule is CCNCc1ccn(Cc2cn3ccsc3n2)c1. The van der Waals surface area contributed by atoms with Crippen LogP contribution in [-0.2, 0) is 13.1 Å². The molecule has 3 aromatic heterocycles. The van der Waals surface area contributed by atoms with Crippen molar-refractivity contribution in [3.8, 4) is 0 Å². The number of hydrogen-bond acceptors (Lipinski definition) is 3. The zero-order valence-electron chi connectivity index (χ0n) is 10.3. The normalized spacial score (nSPS) is 11.4. The van der Waals surface area contributed by atoms with Gasteiger partial charge in [0, 0.05) is 36.7 Å². The standard InChI is InChI=1S/C13H16N4S/c1-2-14-7-11-3-4-16(8-11)9-12-10-17-5-6-18-13(17)15-12/h3-6,8,10,14H,2,7,9H2,1H3. The molecule has 4 nitrogen and oxygen atoms in total. The predicted octanol–water partition coefficient (Wildman–Crippen LogP) is 2.36. The number of rotatable bonds is 5. The van der Waals surface area contributed by atoms with Crippen molar-refractivity contribution in [3.05, 3.63) is 47.5 Å². The van der Waals surface area contributed by atoms with Crippen LogP contribution < -0.4 is 5.32 Å². The fourth-order valence-corrected chi connectivity index (χ4v) is 2.72. The van der Waals surface area contributed by atoms with Crippen LogP contribution >= 0.6 is 11.3 Å². The van der Waals surface area contributed by atoms with Crippen molar-refractivity contribution >= 4 is 16.3 Å². The highest BCUT2D eigenvalue weighted by Gasteiger charge is 2.03. The average Bonchev–Trinajstić information content (AvgIpc) is 3.02. The van der Waals surface area contributed by atoms with E-state index >= 15 is 0 Å². The highest BCUT2D eigenvalue weighted by atomic mass is 32.1. The summed E-state index contributed by atoms with van der Waals surface area (Å²) in [5.41, 5.74) is 2.42. The largest absolute Gasteiger partial charge is 0.348 e. The van der Waals surface area contributed by atoms with Crippen molar-refractivity contribution in [2.75, 3.05) is 6.54 Å². The Morgan fingerprint density at radius 1 is 1.33 bits per heavy atom. The van der Waals surface area contributed by atoms with E-state index in [2.05, 4.69) is 56.2 Å². The number of aromatic nitrogens is 3. The third-order valence-electron chi connectivity index (χ3n) is 2.88. The Labute approximate surface area is 110 Å². The molecule has 3 aromatic rings. The summed E-state index contributed by atoms with van der Waals surface area (Å²) < 4.78 is 4.25. The van der Waals surface area contributed by atoms with Crippen molar-refractivity contribution in [1.29, 1.82) is 0 Å². The number of hydrogen-bond donors (Lipinski definition) is 1. The summed E-state index contributed by atoms with van der Waals surface area (Å²) in [6.45, 7) is 4.89. The maximum atomic E-state index is 4.58. The molecule has 0 aliphatic heterocycles. The minimum absolute atomic E-state index is 0.834. The van der Waals surface area contributed by atoms with E-state index in [1.165, 1.54) is 5.56 Å². The summed E-state index contributed by atoms with van der Waals surface area (Å²) in [7, 11) is 0. The molecule has 0 aliphatic carbocycles. The van der Waals surface area contributed by atoms with Gasteiger partial charge in [0.2, 0.25) is 0 Å².